The van der Waals surface area contributed by atoms with Gasteiger partial charge in [0.05, 0.1) is 5.56 Å². The summed E-state index contributed by atoms with van der Waals surface area (Å²) in [5, 5.41) is 2.74. The van der Waals surface area contributed by atoms with Gasteiger partial charge >= 0.3 is 5.97 Å². The Kier molecular flexibility index (Phi) is 6.55. The van der Waals surface area contributed by atoms with Crippen molar-refractivity contribution in [3.05, 3.63) is 60.2 Å². The summed E-state index contributed by atoms with van der Waals surface area (Å²) in [6, 6.07) is 17.1. The van der Waals surface area contributed by atoms with Crippen LogP contribution in [0, 0.1) is 5.92 Å². The summed E-state index contributed by atoms with van der Waals surface area (Å²) in [7, 11) is 0. The van der Waals surface area contributed by atoms with Crippen LogP contribution in [0.5, 0.6) is 0 Å². The SMILES string of the molecule is CC(C)CCNC(=O)COC(=O)c1ccc(-c2ccccc2)cc1. The van der Waals surface area contributed by atoms with Crippen LogP contribution in [0.25, 0.3) is 11.1 Å². The molecule has 0 aliphatic carbocycles. The highest BCUT2D eigenvalue weighted by Crippen LogP contribution is 2.19. The summed E-state index contributed by atoms with van der Waals surface area (Å²) in [4.78, 5) is 23.6. The summed E-state index contributed by atoms with van der Waals surface area (Å²) < 4.78 is 5.04. The van der Waals surface area contributed by atoms with E-state index in [0.717, 1.165) is 17.5 Å². The van der Waals surface area contributed by atoms with Crippen LogP contribution in [0.3, 0.4) is 0 Å². The number of carbonyl (C=O) groups excluding carboxylic acids is 2. The third-order valence-corrected chi connectivity index (χ3v) is 3.61. The summed E-state index contributed by atoms with van der Waals surface area (Å²) in [5.41, 5.74) is 2.55. The van der Waals surface area contributed by atoms with Crippen molar-refractivity contribution in [3.8, 4) is 11.1 Å². The van der Waals surface area contributed by atoms with E-state index < -0.39 is 5.97 Å². The number of nitrogens with one attached hydrogen (secondary N) is 1. The Bertz CT molecular complexity index is 663. The molecule has 2 aromatic carbocycles. The molecule has 0 saturated heterocycles. The molecule has 0 spiro atoms. The van der Waals surface area contributed by atoms with Gasteiger partial charge < -0.3 is 10.1 Å². The Morgan fingerprint density at radius 2 is 1.58 bits per heavy atom. The van der Waals surface area contributed by atoms with Gasteiger partial charge in [-0.05, 0) is 35.6 Å². The molecule has 1 N–H and O–H groups in total. The molecule has 0 heterocycles. The van der Waals surface area contributed by atoms with Crippen LogP contribution in [-0.4, -0.2) is 25.0 Å². The first-order valence-corrected chi connectivity index (χ1v) is 8.15. The molecule has 4 nitrogen and oxygen atoms in total. The van der Waals surface area contributed by atoms with E-state index in [1.165, 1.54) is 0 Å². The van der Waals surface area contributed by atoms with Crippen LogP contribution in [0.2, 0.25) is 0 Å². The largest absolute Gasteiger partial charge is 0.452 e. The fourth-order valence-corrected chi connectivity index (χ4v) is 2.20. The maximum absolute atomic E-state index is 12.0. The van der Waals surface area contributed by atoms with Crippen molar-refractivity contribution in [1.82, 2.24) is 5.32 Å². The normalized spacial score (nSPS) is 10.5. The van der Waals surface area contributed by atoms with Crippen molar-refractivity contribution in [1.29, 1.82) is 0 Å². The third-order valence-electron chi connectivity index (χ3n) is 3.61. The standard InChI is InChI=1S/C20H23NO3/c1-15(2)12-13-21-19(22)14-24-20(23)18-10-8-17(9-11-18)16-6-4-3-5-7-16/h3-11,15H,12-14H2,1-2H3,(H,21,22). The van der Waals surface area contributed by atoms with Crippen molar-refractivity contribution in [2.45, 2.75) is 20.3 Å². The summed E-state index contributed by atoms with van der Waals surface area (Å²) in [6.45, 7) is 4.52. The molecule has 24 heavy (non-hydrogen) atoms. The third kappa shape index (κ3) is 5.54. The zero-order valence-corrected chi connectivity index (χ0v) is 14.1. The first kappa shape index (κ1) is 17.7. The van der Waals surface area contributed by atoms with Crippen LogP contribution < -0.4 is 5.32 Å². The van der Waals surface area contributed by atoms with Crippen LogP contribution in [0.4, 0.5) is 0 Å². The van der Waals surface area contributed by atoms with Crippen molar-refractivity contribution >= 4 is 11.9 Å². The van der Waals surface area contributed by atoms with Gasteiger partial charge in [-0.15, -0.1) is 0 Å². The van der Waals surface area contributed by atoms with Gasteiger partial charge in [-0.3, -0.25) is 4.79 Å². The first-order valence-electron chi connectivity index (χ1n) is 8.15. The molecular weight excluding hydrogens is 302 g/mol. The van der Waals surface area contributed by atoms with E-state index in [4.69, 9.17) is 4.74 Å². The lowest BCUT2D eigenvalue weighted by molar-refractivity contribution is -0.124. The van der Waals surface area contributed by atoms with Crippen LogP contribution in [-0.2, 0) is 9.53 Å². The summed E-state index contributed by atoms with van der Waals surface area (Å²) in [5.74, 6) is -0.241. The Labute approximate surface area is 142 Å². The average Bonchev–Trinajstić information content (AvgIpc) is 2.60. The van der Waals surface area contributed by atoms with Gasteiger partial charge in [-0.1, -0.05) is 56.3 Å². The van der Waals surface area contributed by atoms with Crippen molar-refractivity contribution in [2.75, 3.05) is 13.2 Å². The lowest BCUT2D eigenvalue weighted by Crippen LogP contribution is -2.30. The van der Waals surface area contributed by atoms with Gasteiger partial charge in [0.25, 0.3) is 5.91 Å². The molecule has 2 aromatic rings. The highest BCUT2D eigenvalue weighted by Gasteiger charge is 2.10. The Hall–Kier alpha value is -2.62. The van der Waals surface area contributed by atoms with Crippen LogP contribution in [0.1, 0.15) is 30.6 Å². The number of carbonyl (C=O) groups is 2. The van der Waals surface area contributed by atoms with Gasteiger partial charge in [0, 0.05) is 6.54 Å². The number of ether oxygens (including phenoxy) is 1. The zero-order valence-electron chi connectivity index (χ0n) is 14.1. The minimum Gasteiger partial charge on any atom is -0.452 e. The fraction of sp³-hybridized carbons (Fsp3) is 0.300. The van der Waals surface area contributed by atoms with Crippen LogP contribution in [0.15, 0.2) is 54.6 Å². The van der Waals surface area contributed by atoms with E-state index in [-0.39, 0.29) is 12.5 Å². The van der Waals surface area contributed by atoms with E-state index in [2.05, 4.69) is 19.2 Å². The highest BCUT2D eigenvalue weighted by atomic mass is 16.5. The van der Waals surface area contributed by atoms with Crippen molar-refractivity contribution in [2.24, 2.45) is 5.92 Å². The first-order chi connectivity index (χ1) is 11.6. The average molecular weight is 325 g/mol. The Morgan fingerprint density at radius 1 is 0.958 bits per heavy atom. The summed E-state index contributed by atoms with van der Waals surface area (Å²) >= 11 is 0. The summed E-state index contributed by atoms with van der Waals surface area (Å²) in [6.07, 6.45) is 0.903. The van der Waals surface area contributed by atoms with Crippen molar-refractivity contribution in [3.63, 3.8) is 0 Å². The molecule has 0 bridgehead atoms. The Morgan fingerprint density at radius 3 is 2.21 bits per heavy atom. The van der Waals surface area contributed by atoms with E-state index in [1.807, 2.05) is 42.5 Å². The quantitative estimate of drug-likeness (QED) is 0.790. The van der Waals surface area contributed by atoms with Gasteiger partial charge in [0.2, 0.25) is 0 Å². The molecule has 0 atom stereocenters. The minimum absolute atomic E-state index is 0.253. The molecular formula is C20H23NO3. The lowest BCUT2D eigenvalue weighted by Gasteiger charge is -2.08. The minimum atomic E-state index is -0.492. The highest BCUT2D eigenvalue weighted by molar-refractivity contribution is 5.91. The second kappa shape index (κ2) is 8.87. The van der Waals surface area contributed by atoms with Crippen LogP contribution >= 0.6 is 0 Å². The molecule has 0 radical (unpaired) electrons. The zero-order chi connectivity index (χ0) is 17.4. The molecule has 0 saturated carbocycles. The number of rotatable bonds is 7. The van der Waals surface area contributed by atoms with Gasteiger partial charge in [0.15, 0.2) is 6.61 Å². The van der Waals surface area contributed by atoms with Gasteiger partial charge in [-0.25, -0.2) is 4.79 Å². The molecule has 0 aromatic heterocycles. The molecule has 0 unspecified atom stereocenters. The lowest BCUT2D eigenvalue weighted by atomic mass is 10.0. The van der Waals surface area contributed by atoms with Crippen molar-refractivity contribution < 1.29 is 14.3 Å². The van der Waals surface area contributed by atoms with Gasteiger partial charge in [0.1, 0.15) is 0 Å². The predicted molar refractivity (Wildman–Crippen MR) is 94.6 cm³/mol. The second-order valence-electron chi connectivity index (χ2n) is 6.05. The topological polar surface area (TPSA) is 55.4 Å². The maximum atomic E-state index is 12.0. The molecule has 4 heteroatoms. The van der Waals surface area contributed by atoms with Gasteiger partial charge in [-0.2, -0.15) is 0 Å². The smallest absolute Gasteiger partial charge is 0.338 e. The molecule has 1 amide bonds. The number of amides is 1. The molecule has 2 rings (SSSR count). The van der Waals surface area contributed by atoms with E-state index in [0.29, 0.717) is 18.0 Å². The number of esters is 1. The molecule has 0 fully saturated rings. The van der Waals surface area contributed by atoms with E-state index >= 15 is 0 Å². The number of hydrogen-bond donors (Lipinski definition) is 1. The van der Waals surface area contributed by atoms with E-state index in [9.17, 15) is 9.59 Å². The number of hydrogen-bond acceptors (Lipinski definition) is 3. The molecule has 0 aliphatic rings. The van der Waals surface area contributed by atoms with E-state index in [1.54, 1.807) is 12.1 Å². The number of benzene rings is 2. The fourth-order valence-electron chi connectivity index (χ4n) is 2.20. The predicted octanol–water partition coefficient (Wildman–Crippen LogP) is 3.67. The maximum Gasteiger partial charge on any atom is 0.338 e. The Balaban J connectivity index is 1.83. The molecule has 126 valence electrons. The second-order valence-corrected chi connectivity index (χ2v) is 6.05. The monoisotopic (exact) mass is 325 g/mol. The molecule has 0 aliphatic heterocycles.